The number of nitrogens with zero attached hydrogens (tertiary/aromatic N) is 1. The summed E-state index contributed by atoms with van der Waals surface area (Å²) in [6.45, 7) is 12.4. The molecular formula is C12H21N. The minimum Gasteiger partial charge on any atom is -0.358 e. The van der Waals surface area contributed by atoms with Crippen molar-refractivity contribution in [2.75, 3.05) is 7.05 Å². The summed E-state index contributed by atoms with van der Waals surface area (Å²) in [6, 6.07) is 0. The highest BCUT2D eigenvalue weighted by atomic mass is 15.0. The smallest absolute Gasteiger partial charge is 0.0106 e. The topological polar surface area (TPSA) is 3.24 Å². The molecular weight excluding hydrogens is 158 g/mol. The van der Waals surface area contributed by atoms with Gasteiger partial charge in [-0.15, -0.1) is 0 Å². The zero-order chi connectivity index (χ0) is 10.4. The van der Waals surface area contributed by atoms with E-state index in [9.17, 15) is 0 Å². The molecule has 0 amide bonds. The Morgan fingerprint density at radius 2 is 1.85 bits per heavy atom. The molecule has 0 aromatic carbocycles. The molecule has 0 saturated carbocycles. The van der Waals surface area contributed by atoms with Crippen LogP contribution in [0.25, 0.3) is 0 Å². The van der Waals surface area contributed by atoms with Gasteiger partial charge in [0, 0.05) is 13.2 Å². The van der Waals surface area contributed by atoms with Gasteiger partial charge >= 0.3 is 0 Å². The normalized spacial score (nSPS) is 13.4. The van der Waals surface area contributed by atoms with Crippen molar-refractivity contribution < 1.29 is 0 Å². The number of hydrogen-bond acceptors (Lipinski definition) is 1. The molecule has 0 aliphatic heterocycles. The van der Waals surface area contributed by atoms with E-state index in [1.54, 1.807) is 6.20 Å². The highest BCUT2D eigenvalue weighted by Crippen LogP contribution is 2.14. The zero-order valence-corrected chi connectivity index (χ0v) is 9.46. The molecule has 1 heteroatoms. The molecule has 0 fully saturated rings. The Hall–Kier alpha value is -0.980. The third-order valence-corrected chi connectivity index (χ3v) is 2.34. The second-order valence-electron chi connectivity index (χ2n) is 3.68. The van der Waals surface area contributed by atoms with Gasteiger partial charge in [0.15, 0.2) is 0 Å². The fourth-order valence-corrected chi connectivity index (χ4v) is 0.877. The first kappa shape index (κ1) is 12.0. The molecule has 1 nitrogen and oxygen atoms in total. The Bertz CT molecular complexity index is 221. The van der Waals surface area contributed by atoms with E-state index in [0.29, 0.717) is 5.92 Å². The Labute approximate surface area is 82.4 Å². The van der Waals surface area contributed by atoms with Crippen molar-refractivity contribution in [3.8, 4) is 0 Å². The van der Waals surface area contributed by atoms with Crippen LogP contribution >= 0.6 is 0 Å². The molecule has 0 unspecified atom stereocenters. The molecule has 13 heavy (non-hydrogen) atoms. The lowest BCUT2D eigenvalue weighted by molar-refractivity contribution is 0.627. The van der Waals surface area contributed by atoms with E-state index in [0.717, 1.165) is 0 Å². The van der Waals surface area contributed by atoms with Crippen molar-refractivity contribution in [2.24, 2.45) is 5.92 Å². The van der Waals surface area contributed by atoms with E-state index in [1.807, 2.05) is 18.1 Å². The van der Waals surface area contributed by atoms with Gasteiger partial charge in [-0.25, -0.2) is 0 Å². The summed E-state index contributed by atoms with van der Waals surface area (Å²) < 4.78 is 0. The van der Waals surface area contributed by atoms with E-state index in [-0.39, 0.29) is 0 Å². The molecule has 0 atom stereocenters. The molecule has 0 heterocycles. The molecule has 0 aliphatic carbocycles. The maximum atomic E-state index is 3.68. The van der Waals surface area contributed by atoms with Gasteiger partial charge < -0.3 is 4.90 Å². The van der Waals surface area contributed by atoms with Crippen LogP contribution in [0.2, 0.25) is 0 Å². The van der Waals surface area contributed by atoms with Gasteiger partial charge in [0.05, 0.1) is 0 Å². The fraction of sp³-hybridized carbons (Fsp3) is 0.500. The molecule has 0 aromatic heterocycles. The van der Waals surface area contributed by atoms with Crippen LogP contribution in [0.5, 0.6) is 0 Å². The molecule has 0 N–H and O–H groups in total. The van der Waals surface area contributed by atoms with Crippen molar-refractivity contribution in [3.63, 3.8) is 0 Å². The second kappa shape index (κ2) is 5.63. The van der Waals surface area contributed by atoms with Gasteiger partial charge in [-0.1, -0.05) is 31.6 Å². The largest absolute Gasteiger partial charge is 0.358 e. The Kier molecular flexibility index (Phi) is 5.20. The van der Waals surface area contributed by atoms with Crippen molar-refractivity contribution in [3.05, 3.63) is 36.2 Å². The summed E-state index contributed by atoms with van der Waals surface area (Å²) in [7, 11) is 1.97. The van der Waals surface area contributed by atoms with Crippen LogP contribution in [0.1, 0.15) is 27.7 Å². The highest BCUT2D eigenvalue weighted by Gasteiger charge is 1.98. The Balaban J connectivity index is 4.44. The minimum atomic E-state index is 0.624. The van der Waals surface area contributed by atoms with Gasteiger partial charge in [-0.2, -0.15) is 0 Å². The van der Waals surface area contributed by atoms with E-state index in [2.05, 4.69) is 40.3 Å². The average Bonchev–Trinajstić information content (AvgIpc) is 2.11. The molecule has 0 bridgehead atoms. The lowest BCUT2D eigenvalue weighted by Crippen LogP contribution is -1.99. The predicted molar refractivity (Wildman–Crippen MR) is 60.3 cm³/mol. The minimum absolute atomic E-state index is 0.624. The summed E-state index contributed by atoms with van der Waals surface area (Å²) in [6.07, 6.45) is 5.93. The van der Waals surface area contributed by atoms with E-state index < -0.39 is 0 Å². The first-order valence-electron chi connectivity index (χ1n) is 4.69. The zero-order valence-electron chi connectivity index (χ0n) is 9.46. The van der Waals surface area contributed by atoms with Crippen molar-refractivity contribution in [1.82, 2.24) is 4.90 Å². The maximum Gasteiger partial charge on any atom is 0.0106 e. The van der Waals surface area contributed by atoms with E-state index in [1.165, 1.54) is 11.1 Å². The standard InChI is InChI=1S/C12H21N/c1-7-13(6)9-8-11(4)12(5)10(2)3/h7-10H,1H2,2-6H3/b9-8-,12-11+. The monoisotopic (exact) mass is 179 g/mol. The van der Waals surface area contributed by atoms with Crippen molar-refractivity contribution in [2.45, 2.75) is 27.7 Å². The van der Waals surface area contributed by atoms with Gasteiger partial charge in [0.2, 0.25) is 0 Å². The summed E-state index contributed by atoms with van der Waals surface area (Å²) >= 11 is 0. The molecule has 0 spiro atoms. The highest BCUT2D eigenvalue weighted by molar-refractivity contribution is 5.23. The number of allylic oxidation sites excluding steroid dienone is 3. The summed E-state index contributed by atoms with van der Waals surface area (Å²) in [5.74, 6) is 0.624. The van der Waals surface area contributed by atoms with Gasteiger partial charge in [-0.3, -0.25) is 0 Å². The van der Waals surface area contributed by atoms with Crippen LogP contribution in [0.4, 0.5) is 0 Å². The Morgan fingerprint density at radius 1 is 1.31 bits per heavy atom. The lowest BCUT2D eigenvalue weighted by Gasteiger charge is -2.09. The van der Waals surface area contributed by atoms with Crippen molar-refractivity contribution >= 4 is 0 Å². The number of rotatable bonds is 4. The fourth-order valence-electron chi connectivity index (χ4n) is 0.877. The molecule has 0 aromatic rings. The maximum absolute atomic E-state index is 3.68. The van der Waals surface area contributed by atoms with Crippen molar-refractivity contribution in [1.29, 1.82) is 0 Å². The quantitative estimate of drug-likeness (QED) is 0.596. The summed E-state index contributed by atoms with van der Waals surface area (Å²) in [5.41, 5.74) is 2.78. The molecule has 74 valence electrons. The van der Waals surface area contributed by atoms with Crippen LogP contribution in [0.15, 0.2) is 36.2 Å². The van der Waals surface area contributed by atoms with Gasteiger partial charge in [0.25, 0.3) is 0 Å². The summed E-state index contributed by atoms with van der Waals surface area (Å²) in [4.78, 5) is 1.94. The third-order valence-electron chi connectivity index (χ3n) is 2.34. The third kappa shape index (κ3) is 4.56. The molecule has 0 rings (SSSR count). The van der Waals surface area contributed by atoms with Crippen LogP contribution in [0.3, 0.4) is 0 Å². The first-order chi connectivity index (χ1) is 5.99. The Morgan fingerprint density at radius 3 is 2.23 bits per heavy atom. The average molecular weight is 179 g/mol. The summed E-state index contributed by atoms with van der Waals surface area (Å²) in [5, 5.41) is 0. The van der Waals surface area contributed by atoms with E-state index >= 15 is 0 Å². The second-order valence-corrected chi connectivity index (χ2v) is 3.68. The first-order valence-corrected chi connectivity index (χ1v) is 4.69. The predicted octanol–water partition coefficient (Wildman–Crippen LogP) is 3.57. The molecule has 0 radical (unpaired) electrons. The van der Waals surface area contributed by atoms with Gasteiger partial charge in [-0.05, 0) is 32.0 Å². The lowest BCUT2D eigenvalue weighted by atomic mass is 10.00. The van der Waals surface area contributed by atoms with Crippen LogP contribution in [0, 0.1) is 5.92 Å². The van der Waals surface area contributed by atoms with Crippen LogP contribution in [-0.4, -0.2) is 11.9 Å². The van der Waals surface area contributed by atoms with Crippen LogP contribution < -0.4 is 0 Å². The van der Waals surface area contributed by atoms with Crippen LogP contribution in [-0.2, 0) is 0 Å². The molecule has 0 saturated heterocycles. The molecule has 0 aliphatic rings. The van der Waals surface area contributed by atoms with Gasteiger partial charge in [0.1, 0.15) is 0 Å². The number of hydrogen-bond donors (Lipinski definition) is 0. The SMILES string of the molecule is C=CN(C)/C=C\C(C)=C(/C)C(C)C. The van der Waals surface area contributed by atoms with E-state index in [4.69, 9.17) is 0 Å².